The van der Waals surface area contributed by atoms with Gasteiger partial charge >= 0.3 is 5.97 Å². The number of aromatic nitrogens is 1. The lowest BCUT2D eigenvalue weighted by Crippen LogP contribution is -2.04. The molecule has 0 amide bonds. The van der Waals surface area contributed by atoms with Crippen LogP contribution in [-0.4, -0.2) is 29.4 Å². The molecule has 0 fully saturated rings. The van der Waals surface area contributed by atoms with E-state index in [0.29, 0.717) is 18.8 Å². The number of unbranched alkanes of at least 4 members (excludes halogenated alkanes) is 1. The van der Waals surface area contributed by atoms with Crippen molar-refractivity contribution in [2.24, 2.45) is 0 Å². The highest BCUT2D eigenvalue weighted by molar-refractivity contribution is 5.87. The first-order chi connectivity index (χ1) is 7.27. The molecule has 0 radical (unpaired) electrons. The molecule has 0 aromatic carbocycles. The Labute approximate surface area is 88.0 Å². The Kier molecular flexibility index (Phi) is 4.83. The highest BCUT2D eigenvalue weighted by Crippen LogP contribution is 2.08. The van der Waals surface area contributed by atoms with Crippen LogP contribution in [-0.2, 0) is 11.2 Å². The second-order valence-corrected chi connectivity index (χ2v) is 3.08. The fraction of sp³-hybridized carbons (Fsp3) is 0.600. The summed E-state index contributed by atoms with van der Waals surface area (Å²) in [4.78, 5) is 11.2. The molecule has 0 spiro atoms. The lowest BCUT2D eigenvalue weighted by atomic mass is 10.2. The molecule has 0 saturated carbocycles. The van der Waals surface area contributed by atoms with Gasteiger partial charge in [0.2, 0.25) is 0 Å². The van der Waals surface area contributed by atoms with E-state index in [2.05, 4.69) is 5.16 Å². The maximum absolute atomic E-state index is 11.2. The van der Waals surface area contributed by atoms with Gasteiger partial charge in [-0.3, -0.25) is 0 Å². The van der Waals surface area contributed by atoms with E-state index in [4.69, 9.17) is 14.4 Å². The predicted octanol–water partition coefficient (Wildman–Crippen LogP) is 1.17. The second kappa shape index (κ2) is 6.19. The summed E-state index contributed by atoms with van der Waals surface area (Å²) in [7, 11) is 0. The smallest absolute Gasteiger partial charge is 0.360 e. The normalized spacial score (nSPS) is 10.3. The van der Waals surface area contributed by atoms with E-state index in [-0.39, 0.29) is 12.3 Å². The summed E-state index contributed by atoms with van der Waals surface area (Å²) in [5, 5.41) is 12.2. The minimum Gasteiger partial charge on any atom is -0.461 e. The van der Waals surface area contributed by atoms with Crippen LogP contribution >= 0.6 is 0 Å². The van der Waals surface area contributed by atoms with E-state index in [1.165, 1.54) is 0 Å². The van der Waals surface area contributed by atoms with Gasteiger partial charge in [-0.05, 0) is 19.8 Å². The third-order valence-corrected chi connectivity index (χ3v) is 1.87. The molecule has 0 aliphatic carbocycles. The molecule has 0 saturated heterocycles. The standard InChI is InChI=1S/C10H15NO4/c1-2-14-10(13)9-7-8(15-11-9)5-3-4-6-12/h7,12H,2-6H2,1H3. The van der Waals surface area contributed by atoms with E-state index in [1.807, 2.05) is 0 Å². The zero-order valence-electron chi connectivity index (χ0n) is 8.73. The highest BCUT2D eigenvalue weighted by Gasteiger charge is 2.12. The summed E-state index contributed by atoms with van der Waals surface area (Å²) in [5.41, 5.74) is 0.204. The maximum Gasteiger partial charge on any atom is 0.360 e. The largest absolute Gasteiger partial charge is 0.461 e. The average Bonchev–Trinajstić information content (AvgIpc) is 2.67. The number of aliphatic hydroxyl groups is 1. The Morgan fingerprint density at radius 1 is 1.60 bits per heavy atom. The number of hydrogen-bond acceptors (Lipinski definition) is 5. The molecule has 5 heteroatoms. The van der Waals surface area contributed by atoms with Gasteiger partial charge in [-0.15, -0.1) is 0 Å². The number of ether oxygens (including phenoxy) is 1. The number of nitrogens with zero attached hydrogens (tertiary/aromatic N) is 1. The fourth-order valence-corrected chi connectivity index (χ4v) is 1.14. The third-order valence-electron chi connectivity index (χ3n) is 1.87. The molecule has 1 aromatic rings. The summed E-state index contributed by atoms with van der Waals surface area (Å²) < 4.78 is 9.71. The van der Waals surface area contributed by atoms with Gasteiger partial charge in [0.15, 0.2) is 5.69 Å². The topological polar surface area (TPSA) is 72.6 Å². The monoisotopic (exact) mass is 213 g/mol. The number of rotatable bonds is 6. The van der Waals surface area contributed by atoms with Crippen molar-refractivity contribution in [3.05, 3.63) is 17.5 Å². The van der Waals surface area contributed by atoms with Crippen LogP contribution in [0, 0.1) is 0 Å². The van der Waals surface area contributed by atoms with Gasteiger partial charge in [-0.2, -0.15) is 0 Å². The number of aryl methyl sites for hydroxylation is 1. The van der Waals surface area contributed by atoms with Crippen molar-refractivity contribution in [1.29, 1.82) is 0 Å². The van der Waals surface area contributed by atoms with Crippen LogP contribution in [0.5, 0.6) is 0 Å². The van der Waals surface area contributed by atoms with Crippen molar-refractivity contribution < 1.29 is 19.2 Å². The SMILES string of the molecule is CCOC(=O)c1cc(CCCCO)on1. The molecule has 0 bridgehead atoms. The molecule has 1 aromatic heterocycles. The first-order valence-corrected chi connectivity index (χ1v) is 5.01. The lowest BCUT2D eigenvalue weighted by Gasteiger charge is -1.94. The first kappa shape index (κ1) is 11.7. The second-order valence-electron chi connectivity index (χ2n) is 3.08. The number of aliphatic hydroxyl groups excluding tert-OH is 1. The van der Waals surface area contributed by atoms with E-state index in [9.17, 15) is 4.79 Å². The number of carbonyl (C=O) groups is 1. The minimum atomic E-state index is -0.463. The van der Waals surface area contributed by atoms with E-state index >= 15 is 0 Å². The zero-order chi connectivity index (χ0) is 11.1. The van der Waals surface area contributed by atoms with E-state index in [1.54, 1.807) is 13.0 Å². The van der Waals surface area contributed by atoms with Crippen LogP contribution in [0.25, 0.3) is 0 Å². The van der Waals surface area contributed by atoms with Crippen molar-refractivity contribution in [1.82, 2.24) is 5.16 Å². The van der Waals surface area contributed by atoms with Gasteiger partial charge in [0.25, 0.3) is 0 Å². The number of esters is 1. The Morgan fingerprint density at radius 3 is 3.07 bits per heavy atom. The quantitative estimate of drug-likeness (QED) is 0.567. The Hall–Kier alpha value is -1.36. The molecule has 1 rings (SSSR count). The number of hydrogen-bond donors (Lipinski definition) is 1. The Bertz CT molecular complexity index is 308. The summed E-state index contributed by atoms with van der Waals surface area (Å²) >= 11 is 0. The molecule has 84 valence electrons. The van der Waals surface area contributed by atoms with Gasteiger partial charge in [0.05, 0.1) is 6.61 Å². The predicted molar refractivity (Wildman–Crippen MR) is 52.5 cm³/mol. The number of carbonyl (C=O) groups excluding carboxylic acids is 1. The average molecular weight is 213 g/mol. The molecule has 0 aliphatic heterocycles. The van der Waals surface area contributed by atoms with Gasteiger partial charge in [-0.1, -0.05) is 5.16 Å². The van der Waals surface area contributed by atoms with Gasteiger partial charge < -0.3 is 14.4 Å². The molecule has 1 N–H and O–H groups in total. The van der Waals surface area contributed by atoms with Gasteiger partial charge in [0, 0.05) is 19.1 Å². The molecule has 0 unspecified atom stereocenters. The maximum atomic E-state index is 11.2. The first-order valence-electron chi connectivity index (χ1n) is 5.01. The van der Waals surface area contributed by atoms with Crippen LogP contribution in [0.15, 0.2) is 10.6 Å². The van der Waals surface area contributed by atoms with Crippen LogP contribution in [0.1, 0.15) is 36.0 Å². The van der Waals surface area contributed by atoms with Gasteiger partial charge in [0.1, 0.15) is 5.76 Å². The molecule has 5 nitrogen and oxygen atoms in total. The molecular weight excluding hydrogens is 198 g/mol. The zero-order valence-corrected chi connectivity index (χ0v) is 8.73. The summed E-state index contributed by atoms with van der Waals surface area (Å²) in [6.07, 6.45) is 2.20. The Morgan fingerprint density at radius 2 is 2.40 bits per heavy atom. The molecular formula is C10H15NO4. The van der Waals surface area contributed by atoms with Gasteiger partial charge in [-0.25, -0.2) is 4.79 Å². The fourth-order valence-electron chi connectivity index (χ4n) is 1.14. The van der Waals surface area contributed by atoms with Crippen molar-refractivity contribution >= 4 is 5.97 Å². The van der Waals surface area contributed by atoms with Crippen molar-refractivity contribution in [3.8, 4) is 0 Å². The summed E-state index contributed by atoms with van der Waals surface area (Å²) in [6, 6.07) is 1.58. The molecule has 15 heavy (non-hydrogen) atoms. The molecule has 0 atom stereocenters. The van der Waals surface area contributed by atoms with E-state index < -0.39 is 5.97 Å². The summed E-state index contributed by atoms with van der Waals surface area (Å²) in [6.45, 7) is 2.23. The van der Waals surface area contributed by atoms with Crippen LogP contribution in [0.4, 0.5) is 0 Å². The summed E-state index contributed by atoms with van der Waals surface area (Å²) in [5.74, 6) is 0.182. The molecule has 1 heterocycles. The molecule has 0 aliphatic rings. The van der Waals surface area contributed by atoms with Crippen LogP contribution < -0.4 is 0 Å². The highest BCUT2D eigenvalue weighted by atomic mass is 16.5. The Balaban J connectivity index is 2.45. The van der Waals surface area contributed by atoms with Crippen molar-refractivity contribution in [2.75, 3.05) is 13.2 Å². The van der Waals surface area contributed by atoms with Crippen molar-refractivity contribution in [3.63, 3.8) is 0 Å². The van der Waals surface area contributed by atoms with Crippen LogP contribution in [0.3, 0.4) is 0 Å². The van der Waals surface area contributed by atoms with E-state index in [0.717, 1.165) is 12.8 Å². The van der Waals surface area contributed by atoms with Crippen molar-refractivity contribution in [2.45, 2.75) is 26.2 Å². The third kappa shape index (κ3) is 3.71. The van der Waals surface area contributed by atoms with Crippen LogP contribution in [0.2, 0.25) is 0 Å². The lowest BCUT2D eigenvalue weighted by molar-refractivity contribution is 0.0514. The minimum absolute atomic E-state index is 0.166.